The Bertz CT molecular complexity index is 3.25. The molecular weight excluding hydrogens is 189 g/mol. The van der Waals surface area contributed by atoms with Crippen molar-refractivity contribution in [1.82, 2.24) is 0 Å². The van der Waals surface area contributed by atoms with E-state index in [1.54, 1.807) is 0 Å². The van der Waals surface area contributed by atoms with Gasteiger partial charge in [0.05, 0.1) is 0 Å². The molecule has 0 heterocycles. The van der Waals surface area contributed by atoms with Crippen LogP contribution in [0.1, 0.15) is 0 Å². The van der Waals surface area contributed by atoms with Crippen LogP contribution in [-0.4, -0.2) is 0 Å². The normalized spacial score (nSPS) is 0. The number of hydrogen-bond acceptors (Lipinski definition) is 1. The van der Waals surface area contributed by atoms with Crippen molar-refractivity contribution in [2.75, 3.05) is 0 Å². The Morgan fingerprint density at radius 2 is 0.750 bits per heavy atom. The molecule has 0 aliphatic heterocycles. The van der Waals surface area contributed by atoms with Gasteiger partial charge in [-0.1, -0.05) is 0 Å². The van der Waals surface area contributed by atoms with Gasteiger partial charge in [0.25, 0.3) is 0 Å². The minimum atomic E-state index is 0. The summed E-state index contributed by atoms with van der Waals surface area (Å²) in [6.07, 6.45) is 0. The average Bonchev–Trinajstić information content (AvgIpc) is 0. The summed E-state index contributed by atoms with van der Waals surface area (Å²) in [5.41, 5.74) is 0. The van der Waals surface area contributed by atoms with Crippen LogP contribution in [0.25, 0.3) is 0 Å². The predicted octanol–water partition coefficient (Wildman–Crippen LogP) is -0.277. The van der Waals surface area contributed by atoms with Crippen molar-refractivity contribution in [3.8, 4) is 0 Å². The Kier molecular flexibility index (Phi) is 223. The molecule has 24 valence electrons. The van der Waals surface area contributed by atoms with Gasteiger partial charge in [0, 0.05) is 0 Å². The fourth-order valence-electron chi connectivity index (χ4n) is 0. The van der Waals surface area contributed by atoms with Crippen molar-refractivity contribution in [2.24, 2.45) is 0 Å². The molecule has 0 aliphatic rings. The van der Waals surface area contributed by atoms with Gasteiger partial charge in [0.1, 0.15) is 0 Å². The monoisotopic (exact) mass is 190 g/mol. The van der Waals surface area contributed by atoms with Crippen molar-refractivity contribution in [3.05, 3.63) is 0 Å². The topological polar surface area (TPSA) is 0 Å². The molecule has 4 heteroatoms. The second-order valence-electron chi connectivity index (χ2n) is 0. The van der Waals surface area contributed by atoms with E-state index < -0.39 is 0 Å². The molecule has 0 nitrogen and oxygen atoms in total. The van der Waals surface area contributed by atoms with E-state index in [-0.39, 0.29) is 62.9 Å². The Morgan fingerprint density at radius 3 is 0.750 bits per heavy atom. The second-order valence-corrected chi connectivity index (χ2v) is 0. The molecule has 4 heavy (non-hydrogen) atoms. The van der Waals surface area contributed by atoms with Crippen molar-refractivity contribution >= 4 is 40.5 Å². The fourth-order valence-corrected chi connectivity index (χ4v) is 0. The van der Waals surface area contributed by atoms with E-state index in [1.807, 2.05) is 0 Å². The third-order valence-electron chi connectivity index (χ3n) is 0. The van der Waals surface area contributed by atoms with E-state index in [9.17, 15) is 0 Å². The molecule has 0 atom stereocenters. The summed E-state index contributed by atoms with van der Waals surface area (Å²) in [5, 5.41) is 0. The first kappa shape index (κ1) is 41.5. The van der Waals surface area contributed by atoms with Crippen LogP contribution < -0.4 is 0 Å². The van der Waals surface area contributed by atoms with Gasteiger partial charge in [-0.25, -0.2) is 0 Å². The summed E-state index contributed by atoms with van der Waals surface area (Å²) in [4.78, 5) is 0. The largest absolute Gasteiger partial charge is 5.00 e. The molecule has 0 aromatic heterocycles. The standard InChI is InChI=1S/Nb.H2S.2S/h;1H2;;/q+5;;2*-2/p-1. The molecular formula is HNbS3. The first-order chi connectivity index (χ1) is 0. The molecule has 0 saturated heterocycles. The van der Waals surface area contributed by atoms with Gasteiger partial charge < -0.3 is 40.5 Å². The zero-order valence-electron chi connectivity index (χ0n) is 1.71. The van der Waals surface area contributed by atoms with Crippen LogP contribution in [-0.2, 0) is 62.9 Å². The number of rotatable bonds is 0. The van der Waals surface area contributed by atoms with Gasteiger partial charge in [-0.15, -0.1) is 0 Å². The third-order valence-corrected chi connectivity index (χ3v) is 0. The summed E-state index contributed by atoms with van der Waals surface area (Å²) in [6, 6.07) is 0. The molecule has 0 fully saturated rings. The Balaban J connectivity index is 0. The van der Waals surface area contributed by atoms with E-state index >= 15 is 0 Å². The minimum Gasteiger partial charge on any atom is -2.00 e. The molecule has 0 radical (unpaired) electrons. The Hall–Kier alpha value is 1.79. The summed E-state index contributed by atoms with van der Waals surface area (Å²) in [7, 11) is 0. The Morgan fingerprint density at radius 1 is 0.750 bits per heavy atom. The van der Waals surface area contributed by atoms with E-state index in [0.29, 0.717) is 0 Å². The molecule has 0 spiro atoms. The van der Waals surface area contributed by atoms with Crippen LogP contribution in [0, 0.1) is 0 Å². The van der Waals surface area contributed by atoms with Gasteiger partial charge in [-0.05, 0) is 0 Å². The fraction of sp³-hybridized carbons (Fsp3) is 0. The van der Waals surface area contributed by atoms with Gasteiger partial charge in [0.2, 0.25) is 0 Å². The zero-order valence-corrected chi connectivity index (χ0v) is 6.44. The number of thiol groups is 1. The maximum atomic E-state index is 0. The third kappa shape index (κ3) is 9.21. The molecule has 0 saturated carbocycles. The van der Waals surface area contributed by atoms with Gasteiger partial charge >= 0.3 is 22.4 Å². The smallest absolute Gasteiger partial charge is 2.00 e. The maximum Gasteiger partial charge on any atom is 5.00 e. The van der Waals surface area contributed by atoms with Crippen molar-refractivity contribution in [1.29, 1.82) is 0 Å². The first-order valence-corrected chi connectivity index (χ1v) is 0. The van der Waals surface area contributed by atoms with E-state index in [2.05, 4.69) is 0 Å². The first-order valence-electron chi connectivity index (χ1n) is 0. The maximum absolute atomic E-state index is 0. The van der Waals surface area contributed by atoms with Crippen LogP contribution >= 0.6 is 0 Å². The van der Waals surface area contributed by atoms with Gasteiger partial charge in [-0.3, -0.25) is 0 Å². The van der Waals surface area contributed by atoms with Crippen molar-refractivity contribution < 1.29 is 22.4 Å². The molecule has 0 amide bonds. The average molecular weight is 190 g/mol. The number of hydrogen-bond donors (Lipinski definition) is 0. The SMILES string of the molecule is [Nb+5].[S-2].[S-2].[SH-]. The molecule has 0 unspecified atom stereocenters. The zero-order chi connectivity index (χ0) is 0. The predicted molar refractivity (Wildman–Crippen MR) is 23.5 cm³/mol. The second kappa shape index (κ2) is 21.5. The summed E-state index contributed by atoms with van der Waals surface area (Å²) in [5.74, 6) is 0. The van der Waals surface area contributed by atoms with Crippen molar-refractivity contribution in [2.45, 2.75) is 0 Å². The van der Waals surface area contributed by atoms with Crippen LogP contribution in [0.3, 0.4) is 0 Å². The summed E-state index contributed by atoms with van der Waals surface area (Å²) in [6.45, 7) is 0. The molecule has 0 bridgehead atoms. The summed E-state index contributed by atoms with van der Waals surface area (Å²) < 4.78 is 0. The molecule has 0 N–H and O–H groups in total. The van der Waals surface area contributed by atoms with E-state index in [4.69, 9.17) is 0 Å². The quantitative estimate of drug-likeness (QED) is 0.287. The van der Waals surface area contributed by atoms with Crippen LogP contribution in [0.4, 0.5) is 0 Å². The van der Waals surface area contributed by atoms with Crippen LogP contribution in [0.15, 0.2) is 0 Å². The van der Waals surface area contributed by atoms with Crippen LogP contribution in [0.2, 0.25) is 0 Å². The molecule has 0 aromatic rings. The molecule has 0 rings (SSSR count). The van der Waals surface area contributed by atoms with E-state index in [0.717, 1.165) is 0 Å². The minimum absolute atomic E-state index is 0. The van der Waals surface area contributed by atoms with E-state index in [1.165, 1.54) is 0 Å². The van der Waals surface area contributed by atoms with Gasteiger partial charge in [0.15, 0.2) is 0 Å². The molecule has 0 aromatic carbocycles. The Labute approximate surface area is 62.6 Å². The van der Waals surface area contributed by atoms with Crippen molar-refractivity contribution in [3.63, 3.8) is 0 Å². The summed E-state index contributed by atoms with van der Waals surface area (Å²) >= 11 is 0. The van der Waals surface area contributed by atoms with Gasteiger partial charge in [-0.2, -0.15) is 0 Å². The van der Waals surface area contributed by atoms with Crippen LogP contribution in [0.5, 0.6) is 0 Å². The molecule has 0 aliphatic carbocycles.